The van der Waals surface area contributed by atoms with Gasteiger partial charge < -0.3 is 5.32 Å². The van der Waals surface area contributed by atoms with Crippen LogP contribution >= 0.6 is 11.6 Å². The van der Waals surface area contributed by atoms with Crippen molar-refractivity contribution in [3.8, 4) is 0 Å². The lowest BCUT2D eigenvalue weighted by Gasteiger charge is -2.26. The van der Waals surface area contributed by atoms with E-state index in [1.165, 1.54) is 0 Å². The molecule has 1 N–H and O–H groups in total. The van der Waals surface area contributed by atoms with E-state index in [4.69, 9.17) is 11.6 Å². The number of hydrogen-bond donors (Lipinski definition) is 1. The third-order valence-corrected chi connectivity index (χ3v) is 5.34. The fourth-order valence-electron chi connectivity index (χ4n) is 2.07. The van der Waals surface area contributed by atoms with E-state index >= 15 is 0 Å². The third-order valence-electron chi connectivity index (χ3n) is 3.22. The second kappa shape index (κ2) is 5.19. The molecular weight excluding hydrogens is 274 g/mol. The molecule has 1 fully saturated rings. The second-order valence-corrected chi connectivity index (χ2v) is 7.25. The van der Waals surface area contributed by atoms with Crippen LogP contribution in [-0.2, 0) is 29.1 Å². The number of aromatic nitrogens is 2. The zero-order valence-electron chi connectivity index (χ0n) is 10.6. The van der Waals surface area contributed by atoms with Crippen LogP contribution in [-0.4, -0.2) is 37.0 Å². The summed E-state index contributed by atoms with van der Waals surface area (Å²) in [5.74, 6) is 0.446. The van der Waals surface area contributed by atoms with Gasteiger partial charge in [0.2, 0.25) is 0 Å². The summed E-state index contributed by atoms with van der Waals surface area (Å²) in [6.45, 7) is 3.53. The van der Waals surface area contributed by atoms with Crippen LogP contribution in [0.2, 0.25) is 5.02 Å². The Labute approximate surface area is 112 Å². The van der Waals surface area contributed by atoms with Crippen LogP contribution in [0.25, 0.3) is 0 Å². The number of sulfone groups is 1. The van der Waals surface area contributed by atoms with Gasteiger partial charge in [0.1, 0.15) is 0 Å². The molecule has 0 spiro atoms. The normalized spacial score (nSPS) is 16.8. The predicted molar refractivity (Wildman–Crippen MR) is 71.4 cm³/mol. The van der Waals surface area contributed by atoms with E-state index in [1.807, 2.05) is 6.92 Å². The summed E-state index contributed by atoms with van der Waals surface area (Å²) in [6.07, 6.45) is 0.708. The maximum atomic E-state index is 12.1. The molecule has 0 aliphatic carbocycles. The average molecular weight is 292 g/mol. The summed E-state index contributed by atoms with van der Waals surface area (Å²) in [5.41, 5.74) is 1.36. The standard InChI is InChI=1S/C11H18ClN3O2S/c1-3-9-11(12)10(15(2)14-9)7-18(16,17)6-8-4-13-5-8/h8,13H,3-7H2,1-2H3. The highest BCUT2D eigenvalue weighted by atomic mass is 35.5. The van der Waals surface area contributed by atoms with Gasteiger partial charge in [-0.3, -0.25) is 4.68 Å². The molecule has 0 atom stereocenters. The molecule has 2 heterocycles. The largest absolute Gasteiger partial charge is 0.316 e. The second-order valence-electron chi connectivity index (χ2n) is 4.76. The third kappa shape index (κ3) is 2.87. The van der Waals surface area contributed by atoms with Gasteiger partial charge in [-0.05, 0) is 12.3 Å². The van der Waals surface area contributed by atoms with Crippen molar-refractivity contribution in [3.05, 3.63) is 16.4 Å². The molecule has 0 aromatic carbocycles. The SMILES string of the molecule is CCc1nn(C)c(CS(=O)(=O)CC2CNC2)c1Cl. The molecule has 102 valence electrons. The van der Waals surface area contributed by atoms with Crippen LogP contribution in [0.1, 0.15) is 18.3 Å². The maximum absolute atomic E-state index is 12.1. The molecule has 2 rings (SSSR count). The predicted octanol–water partition coefficient (Wildman–Crippen LogP) is 0.770. The van der Waals surface area contributed by atoms with Gasteiger partial charge in [0.05, 0.1) is 27.9 Å². The molecule has 7 heteroatoms. The number of aryl methyl sites for hydroxylation is 2. The Morgan fingerprint density at radius 1 is 1.50 bits per heavy atom. The van der Waals surface area contributed by atoms with Gasteiger partial charge in [-0.1, -0.05) is 18.5 Å². The van der Waals surface area contributed by atoms with Gasteiger partial charge in [0.25, 0.3) is 0 Å². The van der Waals surface area contributed by atoms with Crippen LogP contribution in [0.15, 0.2) is 0 Å². The van der Waals surface area contributed by atoms with Gasteiger partial charge in [0.15, 0.2) is 9.84 Å². The van der Waals surface area contributed by atoms with Crippen LogP contribution in [0.5, 0.6) is 0 Å². The molecule has 5 nitrogen and oxygen atoms in total. The number of nitrogens with one attached hydrogen (secondary N) is 1. The molecule has 18 heavy (non-hydrogen) atoms. The van der Waals surface area contributed by atoms with E-state index in [2.05, 4.69) is 10.4 Å². The lowest BCUT2D eigenvalue weighted by molar-refractivity contribution is 0.378. The zero-order valence-corrected chi connectivity index (χ0v) is 12.2. The summed E-state index contributed by atoms with van der Waals surface area (Å²) in [7, 11) is -1.38. The monoisotopic (exact) mass is 291 g/mol. The molecule has 1 aliphatic rings. The van der Waals surface area contributed by atoms with Crippen LogP contribution < -0.4 is 5.32 Å². The Bertz CT molecular complexity index is 535. The maximum Gasteiger partial charge on any atom is 0.156 e. The highest BCUT2D eigenvalue weighted by molar-refractivity contribution is 7.90. The Kier molecular flexibility index (Phi) is 3.99. The summed E-state index contributed by atoms with van der Waals surface area (Å²) in [6, 6.07) is 0. The first-order chi connectivity index (χ1) is 8.43. The zero-order chi connectivity index (χ0) is 13.3. The van der Waals surface area contributed by atoms with E-state index in [-0.39, 0.29) is 17.4 Å². The minimum Gasteiger partial charge on any atom is -0.316 e. The molecular formula is C11H18ClN3O2S. The van der Waals surface area contributed by atoms with Gasteiger partial charge in [-0.25, -0.2) is 8.42 Å². The Morgan fingerprint density at radius 2 is 2.17 bits per heavy atom. The average Bonchev–Trinajstić information content (AvgIpc) is 2.51. The molecule has 1 aromatic heterocycles. The quantitative estimate of drug-likeness (QED) is 0.870. The first-order valence-electron chi connectivity index (χ1n) is 6.04. The van der Waals surface area contributed by atoms with E-state index in [0.717, 1.165) is 18.8 Å². The van der Waals surface area contributed by atoms with Crippen molar-refractivity contribution in [2.75, 3.05) is 18.8 Å². The van der Waals surface area contributed by atoms with Crippen molar-refractivity contribution >= 4 is 21.4 Å². The fourth-order valence-corrected chi connectivity index (χ4v) is 4.33. The fraction of sp³-hybridized carbons (Fsp3) is 0.727. The smallest absolute Gasteiger partial charge is 0.156 e. The van der Waals surface area contributed by atoms with E-state index in [1.54, 1.807) is 11.7 Å². The molecule has 0 bridgehead atoms. The number of rotatable bonds is 5. The van der Waals surface area contributed by atoms with Crippen molar-refractivity contribution in [1.29, 1.82) is 0 Å². The highest BCUT2D eigenvalue weighted by Crippen LogP contribution is 2.23. The molecule has 1 saturated heterocycles. The van der Waals surface area contributed by atoms with E-state index in [0.29, 0.717) is 17.1 Å². The summed E-state index contributed by atoms with van der Waals surface area (Å²) in [4.78, 5) is 0. The van der Waals surface area contributed by atoms with Gasteiger partial charge in [0, 0.05) is 20.1 Å². The van der Waals surface area contributed by atoms with E-state index in [9.17, 15) is 8.42 Å². The Hall–Kier alpha value is -0.590. The van der Waals surface area contributed by atoms with Crippen molar-refractivity contribution in [1.82, 2.24) is 15.1 Å². The first kappa shape index (κ1) is 13.8. The molecule has 1 aliphatic heterocycles. The Morgan fingerprint density at radius 3 is 2.61 bits per heavy atom. The Balaban J connectivity index is 2.15. The lowest BCUT2D eigenvalue weighted by Crippen LogP contribution is -2.45. The summed E-state index contributed by atoms with van der Waals surface area (Å²) in [5, 5.41) is 7.81. The molecule has 0 amide bonds. The van der Waals surface area contributed by atoms with Crippen LogP contribution in [0.4, 0.5) is 0 Å². The van der Waals surface area contributed by atoms with Crippen molar-refractivity contribution in [3.63, 3.8) is 0 Å². The van der Waals surface area contributed by atoms with Crippen molar-refractivity contribution < 1.29 is 8.42 Å². The van der Waals surface area contributed by atoms with Gasteiger partial charge in [-0.2, -0.15) is 5.10 Å². The van der Waals surface area contributed by atoms with Crippen molar-refractivity contribution in [2.45, 2.75) is 19.1 Å². The molecule has 0 radical (unpaired) electrons. The minimum atomic E-state index is -3.12. The van der Waals surface area contributed by atoms with Crippen LogP contribution in [0.3, 0.4) is 0 Å². The number of nitrogens with zero attached hydrogens (tertiary/aromatic N) is 2. The molecule has 0 unspecified atom stereocenters. The van der Waals surface area contributed by atoms with Gasteiger partial charge >= 0.3 is 0 Å². The summed E-state index contributed by atoms with van der Waals surface area (Å²) >= 11 is 6.16. The van der Waals surface area contributed by atoms with Crippen LogP contribution in [0, 0.1) is 5.92 Å². The molecule has 1 aromatic rings. The molecule has 0 saturated carbocycles. The minimum absolute atomic E-state index is 0.0220. The van der Waals surface area contributed by atoms with Crippen molar-refractivity contribution in [2.24, 2.45) is 13.0 Å². The highest BCUT2D eigenvalue weighted by Gasteiger charge is 2.26. The van der Waals surface area contributed by atoms with Gasteiger partial charge in [-0.15, -0.1) is 0 Å². The number of halogens is 1. The topological polar surface area (TPSA) is 64.0 Å². The first-order valence-corrected chi connectivity index (χ1v) is 8.24. The number of hydrogen-bond acceptors (Lipinski definition) is 4. The van der Waals surface area contributed by atoms with E-state index < -0.39 is 9.84 Å². The lowest BCUT2D eigenvalue weighted by atomic mass is 10.1. The summed E-state index contributed by atoms with van der Waals surface area (Å²) < 4.78 is 25.7.